The van der Waals surface area contributed by atoms with Gasteiger partial charge in [0.15, 0.2) is 0 Å². The molecular formula is C9H14N2O2S. The zero-order valence-corrected chi connectivity index (χ0v) is 9.30. The van der Waals surface area contributed by atoms with Gasteiger partial charge in [-0.3, -0.25) is 0 Å². The van der Waals surface area contributed by atoms with Crippen LogP contribution < -0.4 is 4.74 Å². The number of pyridine rings is 1. The quantitative estimate of drug-likeness (QED) is 0.835. The lowest BCUT2D eigenvalue weighted by atomic mass is 10.4. The minimum atomic E-state index is -2.71. The van der Waals surface area contributed by atoms with Crippen molar-refractivity contribution >= 4 is 9.73 Å². The van der Waals surface area contributed by atoms with Crippen molar-refractivity contribution in [1.82, 2.24) is 4.98 Å². The van der Waals surface area contributed by atoms with E-state index >= 15 is 0 Å². The largest absolute Gasteiger partial charge is 0.489 e. The summed E-state index contributed by atoms with van der Waals surface area (Å²) < 4.78 is 24.0. The Kier molecular flexibility index (Phi) is 3.10. The molecule has 0 saturated heterocycles. The topological polar surface area (TPSA) is 63.0 Å². The van der Waals surface area contributed by atoms with Crippen LogP contribution in [0.4, 0.5) is 0 Å². The lowest BCUT2D eigenvalue weighted by Gasteiger charge is -2.09. The second-order valence-corrected chi connectivity index (χ2v) is 5.45. The molecule has 0 saturated carbocycles. The molecular weight excluding hydrogens is 200 g/mol. The highest BCUT2D eigenvalue weighted by molar-refractivity contribution is 7.91. The van der Waals surface area contributed by atoms with Crippen LogP contribution in [0.25, 0.3) is 0 Å². The van der Waals surface area contributed by atoms with Gasteiger partial charge in [0.25, 0.3) is 0 Å². The van der Waals surface area contributed by atoms with E-state index in [0.29, 0.717) is 5.75 Å². The summed E-state index contributed by atoms with van der Waals surface area (Å²) in [5.74, 6) is 0.632. The van der Waals surface area contributed by atoms with E-state index in [1.807, 2.05) is 13.8 Å². The third-order valence-electron chi connectivity index (χ3n) is 1.48. The number of hydrogen-bond donors (Lipinski definition) is 1. The number of ether oxygens (including phenoxy) is 1. The van der Waals surface area contributed by atoms with Crippen LogP contribution >= 0.6 is 0 Å². The smallest absolute Gasteiger partial charge is 0.138 e. The molecule has 1 unspecified atom stereocenters. The molecule has 0 aliphatic rings. The Morgan fingerprint density at radius 2 is 2.14 bits per heavy atom. The van der Waals surface area contributed by atoms with Crippen LogP contribution in [-0.4, -0.2) is 21.6 Å². The predicted molar refractivity (Wildman–Crippen MR) is 55.1 cm³/mol. The number of aromatic nitrogens is 1. The monoisotopic (exact) mass is 214 g/mol. The molecule has 0 aliphatic heterocycles. The van der Waals surface area contributed by atoms with Crippen molar-refractivity contribution in [3.8, 4) is 5.75 Å². The lowest BCUT2D eigenvalue weighted by Crippen LogP contribution is -2.06. The normalized spacial score (nSPS) is 15.1. The molecule has 14 heavy (non-hydrogen) atoms. The fourth-order valence-electron chi connectivity index (χ4n) is 0.939. The molecule has 0 aliphatic carbocycles. The average molecular weight is 214 g/mol. The first kappa shape index (κ1) is 11.0. The molecule has 1 heterocycles. The van der Waals surface area contributed by atoms with Gasteiger partial charge in [-0.25, -0.2) is 14.0 Å². The predicted octanol–water partition coefficient (Wildman–Crippen LogP) is 1.90. The highest BCUT2D eigenvalue weighted by Gasteiger charge is 2.05. The Bertz CT molecular complexity index is 395. The minimum Gasteiger partial charge on any atom is -0.489 e. The van der Waals surface area contributed by atoms with E-state index in [1.54, 1.807) is 12.1 Å². The average Bonchev–Trinajstić information content (AvgIpc) is 2.02. The molecule has 1 N–H and O–H groups in total. The number of nitrogens with zero attached hydrogens (tertiary/aromatic N) is 1. The fourth-order valence-corrected chi connectivity index (χ4v) is 1.52. The third-order valence-corrected chi connectivity index (χ3v) is 2.52. The second-order valence-electron chi connectivity index (χ2n) is 3.34. The van der Waals surface area contributed by atoms with Gasteiger partial charge < -0.3 is 4.74 Å². The Morgan fingerprint density at radius 1 is 1.50 bits per heavy atom. The van der Waals surface area contributed by atoms with Crippen molar-refractivity contribution in [2.45, 2.75) is 25.0 Å². The van der Waals surface area contributed by atoms with Gasteiger partial charge in [0.05, 0.1) is 22.0 Å². The van der Waals surface area contributed by atoms with Gasteiger partial charge >= 0.3 is 0 Å². The van der Waals surface area contributed by atoms with Crippen LogP contribution in [-0.2, 0) is 9.73 Å². The number of nitrogens with one attached hydrogen (secondary N) is 1. The molecule has 4 nitrogen and oxygen atoms in total. The van der Waals surface area contributed by atoms with Crippen molar-refractivity contribution in [2.75, 3.05) is 6.26 Å². The van der Waals surface area contributed by atoms with Crippen molar-refractivity contribution in [3.63, 3.8) is 0 Å². The third kappa shape index (κ3) is 2.99. The van der Waals surface area contributed by atoms with Crippen LogP contribution in [0.2, 0.25) is 0 Å². The summed E-state index contributed by atoms with van der Waals surface area (Å²) in [5.41, 5.74) is 0. The first-order valence-electron chi connectivity index (χ1n) is 4.26. The van der Waals surface area contributed by atoms with E-state index in [0.717, 1.165) is 0 Å². The Balaban J connectivity index is 2.90. The molecule has 0 amide bonds. The summed E-state index contributed by atoms with van der Waals surface area (Å²) in [6.45, 7) is 3.84. The second kappa shape index (κ2) is 3.96. The van der Waals surface area contributed by atoms with Gasteiger partial charge in [-0.15, -0.1) is 0 Å². The number of rotatable bonds is 3. The zero-order valence-electron chi connectivity index (χ0n) is 8.48. The van der Waals surface area contributed by atoms with Crippen molar-refractivity contribution in [2.24, 2.45) is 0 Å². The van der Waals surface area contributed by atoms with Crippen molar-refractivity contribution < 1.29 is 8.95 Å². The molecule has 0 aromatic carbocycles. The Hall–Kier alpha value is -1.10. The summed E-state index contributed by atoms with van der Waals surface area (Å²) in [7, 11) is -2.71. The van der Waals surface area contributed by atoms with Gasteiger partial charge in [-0.1, -0.05) is 0 Å². The number of hydrogen-bond acceptors (Lipinski definition) is 4. The van der Waals surface area contributed by atoms with E-state index in [-0.39, 0.29) is 11.1 Å². The molecule has 0 fully saturated rings. The van der Waals surface area contributed by atoms with E-state index < -0.39 is 9.73 Å². The zero-order chi connectivity index (χ0) is 10.8. The van der Waals surface area contributed by atoms with Crippen LogP contribution in [0.5, 0.6) is 5.75 Å². The maximum absolute atomic E-state index is 11.3. The Labute approximate surface area is 84.3 Å². The van der Waals surface area contributed by atoms with Crippen molar-refractivity contribution in [3.05, 3.63) is 18.3 Å². The van der Waals surface area contributed by atoms with Crippen LogP contribution in [0.1, 0.15) is 13.8 Å². The lowest BCUT2D eigenvalue weighted by molar-refractivity contribution is 0.241. The first-order chi connectivity index (χ1) is 6.39. The van der Waals surface area contributed by atoms with Crippen LogP contribution in [0, 0.1) is 4.78 Å². The van der Waals surface area contributed by atoms with Crippen LogP contribution in [0.15, 0.2) is 23.4 Å². The molecule has 0 radical (unpaired) electrons. The maximum atomic E-state index is 11.3. The SMILES string of the molecule is CC(C)Oc1ccc(S(C)(=N)=O)nc1. The molecule has 0 spiro atoms. The van der Waals surface area contributed by atoms with Gasteiger partial charge in [-0.2, -0.15) is 0 Å². The molecule has 1 atom stereocenters. The highest BCUT2D eigenvalue weighted by atomic mass is 32.2. The van der Waals surface area contributed by atoms with Gasteiger partial charge in [0.1, 0.15) is 10.8 Å². The summed E-state index contributed by atoms with van der Waals surface area (Å²) >= 11 is 0. The first-order valence-corrected chi connectivity index (χ1v) is 6.23. The molecule has 5 heteroatoms. The van der Waals surface area contributed by atoms with Gasteiger partial charge in [0, 0.05) is 6.26 Å². The van der Waals surface area contributed by atoms with Gasteiger partial charge in [-0.05, 0) is 26.0 Å². The van der Waals surface area contributed by atoms with Gasteiger partial charge in [0.2, 0.25) is 0 Å². The molecule has 1 aromatic heterocycles. The van der Waals surface area contributed by atoms with Crippen molar-refractivity contribution in [1.29, 1.82) is 4.78 Å². The maximum Gasteiger partial charge on any atom is 0.138 e. The van der Waals surface area contributed by atoms with E-state index in [4.69, 9.17) is 9.52 Å². The van der Waals surface area contributed by atoms with Crippen LogP contribution in [0.3, 0.4) is 0 Å². The summed E-state index contributed by atoms with van der Waals surface area (Å²) in [5, 5.41) is 0.286. The minimum absolute atomic E-state index is 0.0876. The molecule has 78 valence electrons. The summed E-state index contributed by atoms with van der Waals surface area (Å²) in [6.07, 6.45) is 2.93. The summed E-state index contributed by atoms with van der Waals surface area (Å²) in [4.78, 5) is 3.92. The fraction of sp³-hybridized carbons (Fsp3) is 0.444. The standard InChI is InChI=1S/C9H14N2O2S/c1-7(2)13-8-4-5-9(11-6-8)14(3,10)12/h4-7,10H,1-3H3. The van der Waals surface area contributed by atoms with E-state index in [9.17, 15) is 4.21 Å². The molecule has 1 aromatic rings. The van der Waals surface area contributed by atoms with E-state index in [2.05, 4.69) is 4.98 Å². The highest BCUT2D eigenvalue weighted by Crippen LogP contribution is 2.13. The van der Waals surface area contributed by atoms with E-state index in [1.165, 1.54) is 12.5 Å². The Morgan fingerprint density at radius 3 is 2.50 bits per heavy atom. The summed E-state index contributed by atoms with van der Waals surface area (Å²) in [6, 6.07) is 3.24. The molecule has 1 rings (SSSR count). The molecule has 0 bridgehead atoms.